The monoisotopic (exact) mass is 948 g/mol. The van der Waals surface area contributed by atoms with Crippen LogP contribution in [0.2, 0.25) is 5.02 Å². The van der Waals surface area contributed by atoms with Crippen LogP contribution in [0.3, 0.4) is 0 Å². The van der Waals surface area contributed by atoms with Gasteiger partial charge in [0.05, 0.1) is 68.3 Å². The van der Waals surface area contributed by atoms with Crippen LogP contribution >= 0.6 is 22.9 Å². The average molecular weight is 949 g/mol. The quantitative estimate of drug-likeness (QED) is 0.134. The van der Waals surface area contributed by atoms with E-state index in [1.807, 2.05) is 25.1 Å². The van der Waals surface area contributed by atoms with Crippen LogP contribution in [0.4, 0.5) is 5.82 Å². The van der Waals surface area contributed by atoms with Gasteiger partial charge in [0, 0.05) is 78.6 Å². The largest absolute Gasteiger partial charge is 0.507 e. The van der Waals surface area contributed by atoms with Gasteiger partial charge < -0.3 is 28.6 Å². The molecule has 6 heterocycles. The predicted molar refractivity (Wildman–Crippen MR) is 250 cm³/mol. The molecule has 1 N–H and O–H groups in total. The van der Waals surface area contributed by atoms with Crippen molar-refractivity contribution in [3.63, 3.8) is 0 Å². The molecule has 7 aromatic rings. The summed E-state index contributed by atoms with van der Waals surface area (Å²) >= 11 is 7.87. The maximum absolute atomic E-state index is 15.4. The molecule has 10 rings (SSSR count). The molecule has 20 heteroatoms. The number of amides is 2. The van der Waals surface area contributed by atoms with Gasteiger partial charge >= 0.3 is 11.4 Å². The molecule has 0 bridgehead atoms. The number of imide groups is 1. The Morgan fingerprint density at radius 1 is 0.910 bits per heavy atom. The number of hydrogen-bond acceptors (Lipinski definition) is 13. The number of rotatable bonds is 10. The summed E-state index contributed by atoms with van der Waals surface area (Å²) in [4.78, 5) is 79.8. The minimum atomic E-state index is -1.55. The van der Waals surface area contributed by atoms with Gasteiger partial charge in [-0.15, -0.1) is 11.3 Å². The Labute approximate surface area is 390 Å². The number of phenolic OH excluding ortho intramolecular Hbond substituents is 1. The van der Waals surface area contributed by atoms with Crippen molar-refractivity contribution in [3.8, 4) is 39.3 Å². The molecule has 1 saturated heterocycles. The van der Waals surface area contributed by atoms with Crippen LogP contribution in [-0.2, 0) is 43.2 Å². The molecular formula is C47H45ClN8O10S. The number of nitrogens with zero attached hydrogens (tertiary/aromatic N) is 8. The van der Waals surface area contributed by atoms with E-state index in [0.717, 1.165) is 30.0 Å². The first kappa shape index (κ1) is 43.8. The average Bonchev–Trinajstić information content (AvgIpc) is 3.99. The number of benzene rings is 3. The van der Waals surface area contributed by atoms with E-state index in [-0.39, 0.29) is 60.3 Å². The molecule has 3 aliphatic rings. The maximum Gasteiger partial charge on any atom is 0.347 e. The van der Waals surface area contributed by atoms with Crippen LogP contribution in [0.1, 0.15) is 42.1 Å². The molecule has 2 aliphatic heterocycles. The number of aromatic nitrogens is 7. The van der Waals surface area contributed by atoms with E-state index in [0.29, 0.717) is 38.8 Å². The SMILES string of the molecule is COc1cc(O)c([C@H]2C3=CCn4c(=O)n(CCc5nc6cc(OC)c(OC)cc6n(C)c5=O)c(=O)n4[C@@H]3C[C@H]3C(=O)N(c4cc(-c5sc6ccc(Cl)cc6c5C)nn4C)C(=O)[C@@]23C)c(OC)c1. The standard InChI is InChI=1S/C47H45ClN8O10S/c1-22-26-15-23(48)9-10-37(26)67-41(22)30-20-38(52(4)50-30)55-42(58)27-18-31-25(40(47(27,2)44(55)60)39-33(57)16-24(63-5)17-36(39)66-8)11-14-54-45(61)53(46(62)56(31)54)13-12-28-43(59)51(3)32-21-35(65-7)34(64-6)19-29(32)49-28/h9-11,15-17,19-21,27,31,40,57H,12-14,18H2,1-8H3/t27-,31+,40+,47+/m0/s1. The van der Waals surface area contributed by atoms with Crippen molar-refractivity contribution in [2.24, 2.45) is 25.4 Å². The topological polar surface area (TPSA) is 196 Å². The lowest BCUT2D eigenvalue weighted by Gasteiger charge is -2.47. The predicted octanol–water partition coefficient (Wildman–Crippen LogP) is 5.48. The summed E-state index contributed by atoms with van der Waals surface area (Å²) in [7, 11) is 9.12. The first-order valence-electron chi connectivity index (χ1n) is 21.4. The molecule has 1 aliphatic carbocycles. The number of phenols is 1. The molecule has 0 radical (unpaired) electrons. The summed E-state index contributed by atoms with van der Waals surface area (Å²) in [6, 6.07) is 12.8. The summed E-state index contributed by atoms with van der Waals surface area (Å²) in [5.74, 6) is -1.87. The highest BCUT2D eigenvalue weighted by Crippen LogP contribution is 2.64. The first-order chi connectivity index (χ1) is 32.0. The number of anilines is 1. The fourth-order valence-electron chi connectivity index (χ4n) is 10.5. The zero-order chi connectivity index (χ0) is 47.5. The van der Waals surface area contributed by atoms with E-state index in [9.17, 15) is 19.5 Å². The van der Waals surface area contributed by atoms with Gasteiger partial charge in [0.1, 0.15) is 34.5 Å². The van der Waals surface area contributed by atoms with Gasteiger partial charge in [0.2, 0.25) is 11.8 Å². The van der Waals surface area contributed by atoms with Crippen LogP contribution in [0.15, 0.2) is 74.6 Å². The van der Waals surface area contributed by atoms with Crippen LogP contribution in [-0.4, -0.2) is 78.6 Å². The second-order valence-electron chi connectivity index (χ2n) is 17.2. The molecule has 0 spiro atoms. The van der Waals surface area contributed by atoms with Crippen molar-refractivity contribution in [2.75, 3.05) is 33.3 Å². The summed E-state index contributed by atoms with van der Waals surface area (Å²) in [5, 5.41) is 18.2. The molecular weight excluding hydrogens is 904 g/mol. The Kier molecular flexibility index (Phi) is 10.3. The van der Waals surface area contributed by atoms with Gasteiger partial charge in [0.25, 0.3) is 5.56 Å². The van der Waals surface area contributed by atoms with Crippen molar-refractivity contribution in [1.29, 1.82) is 0 Å². The minimum Gasteiger partial charge on any atom is -0.507 e. The smallest absolute Gasteiger partial charge is 0.347 e. The van der Waals surface area contributed by atoms with Crippen LogP contribution in [0, 0.1) is 18.3 Å². The third kappa shape index (κ3) is 6.30. The van der Waals surface area contributed by atoms with E-state index in [1.54, 1.807) is 51.4 Å². The summed E-state index contributed by atoms with van der Waals surface area (Å²) in [6.07, 6.45) is 1.68. The number of aryl methyl sites for hydroxylation is 4. The molecule has 2 amide bonds. The zero-order valence-corrected chi connectivity index (χ0v) is 39.3. The lowest BCUT2D eigenvalue weighted by Crippen LogP contribution is -2.49. The molecule has 4 aromatic heterocycles. The second kappa shape index (κ2) is 15.8. The summed E-state index contributed by atoms with van der Waals surface area (Å²) in [6.45, 7) is 3.42. The minimum absolute atomic E-state index is 0.0402. The van der Waals surface area contributed by atoms with Gasteiger partial charge in [-0.1, -0.05) is 17.7 Å². The van der Waals surface area contributed by atoms with E-state index >= 15 is 9.59 Å². The molecule has 3 aromatic carbocycles. The van der Waals surface area contributed by atoms with Crippen molar-refractivity contribution in [3.05, 3.63) is 113 Å². The number of ether oxygens (including phenoxy) is 4. The number of methoxy groups -OCH3 is 4. The van der Waals surface area contributed by atoms with Crippen molar-refractivity contribution in [2.45, 2.75) is 51.7 Å². The third-order valence-electron chi connectivity index (χ3n) is 13.9. The number of carbonyl (C=O) groups excluding carboxylic acids is 2. The Morgan fingerprint density at radius 2 is 1.64 bits per heavy atom. The maximum atomic E-state index is 15.4. The van der Waals surface area contributed by atoms with Crippen LogP contribution in [0.25, 0.3) is 31.7 Å². The molecule has 67 heavy (non-hydrogen) atoms. The number of carbonyl (C=O) groups is 2. The van der Waals surface area contributed by atoms with E-state index in [4.69, 9.17) is 35.6 Å². The van der Waals surface area contributed by atoms with E-state index in [1.165, 1.54) is 64.5 Å². The van der Waals surface area contributed by atoms with Crippen LogP contribution < -0.4 is 40.8 Å². The normalized spacial score (nSPS) is 20.0. The Hall–Kier alpha value is -7.12. The first-order valence-corrected chi connectivity index (χ1v) is 22.6. The molecule has 0 unspecified atom stereocenters. The van der Waals surface area contributed by atoms with E-state index < -0.39 is 52.0 Å². The highest BCUT2D eigenvalue weighted by atomic mass is 35.5. The number of hydrogen-bond donors (Lipinski definition) is 1. The van der Waals surface area contributed by atoms with Crippen LogP contribution in [0.5, 0.6) is 28.7 Å². The highest BCUT2D eigenvalue weighted by Gasteiger charge is 2.66. The Morgan fingerprint density at radius 3 is 2.36 bits per heavy atom. The van der Waals surface area contributed by atoms with Crippen molar-refractivity contribution in [1.82, 2.24) is 33.3 Å². The number of thiophene rings is 1. The highest BCUT2D eigenvalue weighted by molar-refractivity contribution is 7.22. The summed E-state index contributed by atoms with van der Waals surface area (Å²) < 4.78 is 29.8. The fraction of sp³-hybridized carbons (Fsp3) is 0.340. The number of aromatic hydroxyl groups is 1. The molecule has 1 saturated carbocycles. The fourth-order valence-corrected chi connectivity index (χ4v) is 11.8. The van der Waals surface area contributed by atoms with Crippen molar-refractivity contribution < 1.29 is 33.6 Å². The number of halogens is 1. The Bertz CT molecular complexity index is 3510. The van der Waals surface area contributed by atoms with Gasteiger partial charge in [-0.25, -0.2) is 33.4 Å². The lowest BCUT2D eigenvalue weighted by molar-refractivity contribution is -0.129. The number of allylic oxidation sites excluding steroid dienone is 2. The van der Waals surface area contributed by atoms with E-state index in [2.05, 4.69) is 4.98 Å². The zero-order valence-electron chi connectivity index (χ0n) is 37.7. The second-order valence-corrected chi connectivity index (χ2v) is 18.7. The molecule has 346 valence electrons. The van der Waals surface area contributed by atoms with Gasteiger partial charge in [0.15, 0.2) is 11.5 Å². The lowest BCUT2D eigenvalue weighted by atomic mass is 9.56. The summed E-state index contributed by atoms with van der Waals surface area (Å²) in [5.41, 5.74) is 0.0731. The van der Waals surface area contributed by atoms with Crippen molar-refractivity contribution >= 4 is 61.7 Å². The van der Waals surface area contributed by atoms with Gasteiger partial charge in [-0.05, 0) is 55.0 Å². The number of fused-ring (bicyclic) bond motifs is 6. The third-order valence-corrected chi connectivity index (χ3v) is 15.4. The Balaban J connectivity index is 1.07. The molecule has 18 nitrogen and oxygen atoms in total. The molecule has 2 fully saturated rings. The van der Waals surface area contributed by atoms with Gasteiger partial charge in [-0.3, -0.25) is 19.1 Å². The molecule has 4 atom stereocenters. The van der Waals surface area contributed by atoms with Gasteiger partial charge in [-0.2, -0.15) is 5.10 Å².